The second-order valence-electron chi connectivity index (χ2n) is 9.65. The van der Waals surface area contributed by atoms with Crippen LogP contribution in [0.1, 0.15) is 51.0 Å². The summed E-state index contributed by atoms with van der Waals surface area (Å²) >= 11 is 0. The minimum absolute atomic E-state index is 0.359. The molecule has 32 heavy (non-hydrogen) atoms. The zero-order chi connectivity index (χ0) is 22.8. The summed E-state index contributed by atoms with van der Waals surface area (Å²) in [4.78, 5) is 0. The molecular weight excluding hydrogens is 398 g/mol. The molecule has 6 heteroatoms. The number of nitrogens with one attached hydrogen (secondary N) is 2. The van der Waals surface area contributed by atoms with E-state index in [2.05, 4.69) is 57.6 Å². The largest absolute Gasteiger partial charge is 0.386 e. The molecule has 172 valence electrons. The molecule has 0 radical (unpaired) electrons. The van der Waals surface area contributed by atoms with Gasteiger partial charge in [-0.05, 0) is 75.3 Å². The van der Waals surface area contributed by atoms with Crippen molar-refractivity contribution >= 4 is 5.69 Å². The average molecular weight is 436 g/mol. The fourth-order valence-electron chi connectivity index (χ4n) is 4.80. The number of rotatable bonds is 7. The molecular formula is C26H37N5O. The molecule has 2 aliphatic heterocycles. The van der Waals surface area contributed by atoms with Gasteiger partial charge in [0, 0.05) is 31.0 Å². The van der Waals surface area contributed by atoms with E-state index in [0.717, 1.165) is 50.3 Å². The molecule has 1 aromatic carbocycles. The Morgan fingerprint density at radius 1 is 1.25 bits per heavy atom. The molecule has 0 aromatic heterocycles. The van der Waals surface area contributed by atoms with Crippen LogP contribution < -0.4 is 16.4 Å². The van der Waals surface area contributed by atoms with Crippen LogP contribution in [0.2, 0.25) is 0 Å². The van der Waals surface area contributed by atoms with Crippen LogP contribution in [0.3, 0.4) is 0 Å². The number of aliphatic hydroxyl groups is 1. The van der Waals surface area contributed by atoms with Gasteiger partial charge in [-0.15, -0.1) is 6.58 Å². The first kappa shape index (κ1) is 22.6. The lowest BCUT2D eigenvalue weighted by Crippen LogP contribution is -2.65. The van der Waals surface area contributed by atoms with Gasteiger partial charge >= 0.3 is 0 Å². The maximum absolute atomic E-state index is 11.2. The smallest absolute Gasteiger partial charge is 0.158 e. The highest BCUT2D eigenvalue weighted by atomic mass is 16.3. The van der Waals surface area contributed by atoms with Gasteiger partial charge in [-0.1, -0.05) is 30.4 Å². The Morgan fingerprint density at radius 2 is 1.97 bits per heavy atom. The topological polar surface area (TPSA) is 76.8 Å². The molecule has 0 bridgehead atoms. The molecule has 3 aliphatic rings. The number of hydrogen-bond donors (Lipinski definition) is 4. The van der Waals surface area contributed by atoms with Crippen molar-refractivity contribution in [2.45, 2.75) is 62.8 Å². The first-order valence-corrected chi connectivity index (χ1v) is 11.7. The molecule has 1 fully saturated rings. The summed E-state index contributed by atoms with van der Waals surface area (Å²) < 4.78 is 0. The Bertz CT molecular complexity index is 890. The Balaban J connectivity index is 1.52. The zero-order valence-corrected chi connectivity index (χ0v) is 19.3. The van der Waals surface area contributed by atoms with Crippen molar-refractivity contribution in [1.29, 1.82) is 0 Å². The quantitative estimate of drug-likeness (QED) is 0.488. The standard InChI is InChI=1S/C26H37N5O/c1-4-17-30-18-6-19-31(30)24-7-5-16-26(29-24,25(2,3)32)28-23-14-10-21(11-15-23)20-8-12-22(27)13-9-20/h4-7,10-11,14-16,19-20,22,28-29,32H,1,8-9,12-13,17-18,27H2,2-3H3. The minimum atomic E-state index is -1.08. The third-order valence-electron chi connectivity index (χ3n) is 6.84. The third kappa shape index (κ3) is 4.63. The summed E-state index contributed by atoms with van der Waals surface area (Å²) in [5.41, 5.74) is 6.46. The molecule has 6 nitrogen and oxygen atoms in total. The molecule has 1 aliphatic carbocycles. The Morgan fingerprint density at radius 3 is 2.62 bits per heavy atom. The van der Waals surface area contributed by atoms with E-state index in [-0.39, 0.29) is 0 Å². The average Bonchev–Trinajstić information content (AvgIpc) is 3.23. The highest BCUT2D eigenvalue weighted by Gasteiger charge is 2.44. The highest BCUT2D eigenvalue weighted by Crippen LogP contribution is 2.34. The van der Waals surface area contributed by atoms with Crippen LogP contribution >= 0.6 is 0 Å². The summed E-state index contributed by atoms with van der Waals surface area (Å²) in [6.45, 7) is 9.07. The predicted molar refractivity (Wildman–Crippen MR) is 131 cm³/mol. The van der Waals surface area contributed by atoms with Gasteiger partial charge in [0.2, 0.25) is 0 Å². The summed E-state index contributed by atoms with van der Waals surface area (Å²) in [6, 6.07) is 9.01. The molecule has 1 aromatic rings. The van der Waals surface area contributed by atoms with Crippen LogP contribution in [0.4, 0.5) is 5.69 Å². The predicted octanol–water partition coefficient (Wildman–Crippen LogP) is 3.78. The lowest BCUT2D eigenvalue weighted by molar-refractivity contribution is 0.00555. The van der Waals surface area contributed by atoms with E-state index in [0.29, 0.717) is 12.0 Å². The Labute approximate surface area is 192 Å². The van der Waals surface area contributed by atoms with Crippen molar-refractivity contribution in [3.63, 3.8) is 0 Å². The van der Waals surface area contributed by atoms with Crippen molar-refractivity contribution < 1.29 is 5.11 Å². The molecule has 1 unspecified atom stereocenters. The van der Waals surface area contributed by atoms with Gasteiger partial charge in [0.05, 0.1) is 0 Å². The number of dihydropyridines is 1. The Hall–Kier alpha value is -2.54. The summed E-state index contributed by atoms with van der Waals surface area (Å²) in [5.74, 6) is 1.49. The van der Waals surface area contributed by atoms with Gasteiger partial charge < -0.3 is 21.5 Å². The molecule has 2 heterocycles. The fraction of sp³-hybridized carbons (Fsp3) is 0.462. The van der Waals surface area contributed by atoms with Gasteiger partial charge in [0.1, 0.15) is 11.4 Å². The van der Waals surface area contributed by atoms with E-state index in [4.69, 9.17) is 5.73 Å². The second kappa shape index (κ2) is 9.14. The van der Waals surface area contributed by atoms with Gasteiger partial charge in [-0.3, -0.25) is 5.01 Å². The summed E-state index contributed by atoms with van der Waals surface area (Å²) in [5, 5.41) is 22.6. The fourth-order valence-corrected chi connectivity index (χ4v) is 4.80. The molecule has 4 rings (SSSR count). The summed E-state index contributed by atoms with van der Waals surface area (Å²) in [7, 11) is 0. The number of hydrazine groups is 1. The number of allylic oxidation sites excluding steroid dienone is 2. The molecule has 1 atom stereocenters. The van der Waals surface area contributed by atoms with Gasteiger partial charge in [0.15, 0.2) is 5.66 Å². The Kier molecular flexibility index (Phi) is 6.47. The van der Waals surface area contributed by atoms with E-state index in [1.807, 2.05) is 44.4 Å². The lowest BCUT2D eigenvalue weighted by Gasteiger charge is -2.47. The van der Waals surface area contributed by atoms with E-state index in [1.165, 1.54) is 5.56 Å². The van der Waals surface area contributed by atoms with Gasteiger partial charge in [-0.25, -0.2) is 5.01 Å². The normalized spacial score (nSPS) is 28.4. The van der Waals surface area contributed by atoms with Gasteiger partial charge in [0.25, 0.3) is 0 Å². The third-order valence-corrected chi connectivity index (χ3v) is 6.84. The number of nitrogens with two attached hydrogens (primary N) is 1. The highest BCUT2D eigenvalue weighted by molar-refractivity contribution is 5.51. The SMILES string of the molecule is C=CCN1CC=CN1C1=CC=CC(Nc2ccc(C3CCC(N)CC3)cc2)(C(C)(C)O)N1. The van der Waals surface area contributed by atoms with Crippen molar-refractivity contribution in [2.75, 3.05) is 18.4 Å². The first-order chi connectivity index (χ1) is 15.3. The minimum Gasteiger partial charge on any atom is -0.386 e. The second-order valence-corrected chi connectivity index (χ2v) is 9.65. The molecule has 0 amide bonds. The van der Waals surface area contributed by atoms with Crippen LogP contribution in [-0.2, 0) is 0 Å². The molecule has 0 saturated heterocycles. The van der Waals surface area contributed by atoms with E-state index in [1.54, 1.807) is 0 Å². The van der Waals surface area contributed by atoms with Crippen molar-refractivity contribution in [3.05, 3.63) is 78.8 Å². The van der Waals surface area contributed by atoms with Gasteiger partial charge in [-0.2, -0.15) is 0 Å². The first-order valence-electron chi connectivity index (χ1n) is 11.7. The van der Waals surface area contributed by atoms with E-state index >= 15 is 0 Å². The molecule has 0 spiro atoms. The van der Waals surface area contributed by atoms with Crippen LogP contribution in [0, 0.1) is 0 Å². The van der Waals surface area contributed by atoms with Crippen LogP contribution in [0.5, 0.6) is 0 Å². The zero-order valence-electron chi connectivity index (χ0n) is 19.3. The van der Waals surface area contributed by atoms with Crippen molar-refractivity contribution in [1.82, 2.24) is 15.3 Å². The number of nitrogens with zero attached hydrogens (tertiary/aromatic N) is 2. The monoisotopic (exact) mass is 435 g/mol. The van der Waals surface area contributed by atoms with Crippen LogP contribution in [0.25, 0.3) is 0 Å². The van der Waals surface area contributed by atoms with Crippen molar-refractivity contribution in [2.24, 2.45) is 5.73 Å². The van der Waals surface area contributed by atoms with E-state index < -0.39 is 11.3 Å². The number of hydrogen-bond acceptors (Lipinski definition) is 6. The molecule has 5 N–H and O–H groups in total. The number of benzene rings is 1. The maximum Gasteiger partial charge on any atom is 0.158 e. The molecule has 1 saturated carbocycles. The lowest BCUT2D eigenvalue weighted by atomic mass is 9.82. The van der Waals surface area contributed by atoms with Crippen LogP contribution in [0.15, 0.2) is 73.2 Å². The van der Waals surface area contributed by atoms with E-state index in [9.17, 15) is 5.11 Å². The maximum atomic E-state index is 11.2. The summed E-state index contributed by atoms with van der Waals surface area (Å²) in [6.07, 6.45) is 16.6. The van der Waals surface area contributed by atoms with Crippen LogP contribution in [-0.4, -0.2) is 45.5 Å². The number of anilines is 1. The van der Waals surface area contributed by atoms with Crippen molar-refractivity contribution in [3.8, 4) is 0 Å².